The first kappa shape index (κ1) is 21.1. The molecule has 0 heterocycles. The summed E-state index contributed by atoms with van der Waals surface area (Å²) >= 11 is 0. The van der Waals surface area contributed by atoms with Crippen LogP contribution in [0.15, 0.2) is 42.5 Å². The first-order chi connectivity index (χ1) is 13.6. The lowest BCUT2D eigenvalue weighted by atomic mass is 10.1. The zero-order valence-electron chi connectivity index (χ0n) is 16.5. The van der Waals surface area contributed by atoms with Crippen molar-refractivity contribution in [3.8, 4) is 11.5 Å². The molecule has 0 radical (unpaired) electrons. The second-order valence-electron chi connectivity index (χ2n) is 6.12. The third kappa shape index (κ3) is 5.90. The SMILES string of the molecule is CCCNC(=O)Nc1ccccc1C(=O)NCCc1ccc(OC)c(OC)c1. The van der Waals surface area contributed by atoms with Crippen molar-refractivity contribution >= 4 is 17.6 Å². The van der Waals surface area contributed by atoms with Crippen LogP contribution in [0.25, 0.3) is 0 Å². The van der Waals surface area contributed by atoms with Gasteiger partial charge in [-0.25, -0.2) is 4.79 Å². The molecular weight excluding hydrogens is 358 g/mol. The smallest absolute Gasteiger partial charge is 0.319 e. The van der Waals surface area contributed by atoms with Gasteiger partial charge in [0.05, 0.1) is 25.5 Å². The number of ether oxygens (including phenoxy) is 2. The molecule has 0 saturated carbocycles. The normalized spacial score (nSPS) is 10.1. The Bertz CT molecular complexity index is 808. The third-order valence-corrected chi connectivity index (χ3v) is 4.10. The van der Waals surface area contributed by atoms with Crippen molar-refractivity contribution in [3.63, 3.8) is 0 Å². The van der Waals surface area contributed by atoms with Crippen molar-refractivity contribution in [2.75, 3.05) is 32.6 Å². The maximum Gasteiger partial charge on any atom is 0.319 e. The second-order valence-corrected chi connectivity index (χ2v) is 6.12. The fraction of sp³-hybridized carbons (Fsp3) is 0.333. The number of benzene rings is 2. The summed E-state index contributed by atoms with van der Waals surface area (Å²) in [7, 11) is 3.18. The Morgan fingerprint density at radius 3 is 2.39 bits per heavy atom. The van der Waals surface area contributed by atoms with E-state index >= 15 is 0 Å². The van der Waals surface area contributed by atoms with Crippen molar-refractivity contribution in [2.24, 2.45) is 0 Å². The van der Waals surface area contributed by atoms with Crippen LogP contribution in [-0.2, 0) is 6.42 Å². The lowest BCUT2D eigenvalue weighted by Gasteiger charge is -2.12. The highest BCUT2D eigenvalue weighted by Crippen LogP contribution is 2.27. The van der Waals surface area contributed by atoms with Crippen molar-refractivity contribution in [2.45, 2.75) is 19.8 Å². The number of methoxy groups -OCH3 is 2. The summed E-state index contributed by atoms with van der Waals surface area (Å²) < 4.78 is 10.5. The van der Waals surface area contributed by atoms with Gasteiger partial charge in [0, 0.05) is 13.1 Å². The zero-order chi connectivity index (χ0) is 20.4. The number of hydrogen-bond donors (Lipinski definition) is 3. The Labute approximate surface area is 165 Å². The average molecular weight is 385 g/mol. The van der Waals surface area contributed by atoms with E-state index in [4.69, 9.17) is 9.47 Å². The molecule has 0 saturated heterocycles. The monoisotopic (exact) mass is 385 g/mol. The van der Waals surface area contributed by atoms with Gasteiger partial charge in [-0.3, -0.25) is 4.79 Å². The number of nitrogens with one attached hydrogen (secondary N) is 3. The van der Waals surface area contributed by atoms with Crippen LogP contribution in [0.3, 0.4) is 0 Å². The fourth-order valence-corrected chi connectivity index (χ4v) is 2.65. The van der Waals surface area contributed by atoms with Gasteiger partial charge in [0.25, 0.3) is 5.91 Å². The quantitative estimate of drug-likeness (QED) is 0.618. The maximum absolute atomic E-state index is 12.5. The van der Waals surface area contributed by atoms with Gasteiger partial charge in [0.15, 0.2) is 11.5 Å². The highest BCUT2D eigenvalue weighted by molar-refractivity contribution is 6.03. The molecule has 7 heteroatoms. The molecular formula is C21H27N3O4. The summed E-state index contributed by atoms with van der Waals surface area (Å²) in [5, 5.41) is 8.34. The standard InChI is InChI=1S/C21H27N3O4/c1-4-12-23-21(26)24-17-8-6-5-7-16(17)20(25)22-13-11-15-9-10-18(27-2)19(14-15)28-3/h5-10,14H,4,11-13H2,1-3H3,(H,22,25)(H2,23,24,26). The van der Waals surface area contributed by atoms with E-state index in [1.54, 1.807) is 38.5 Å². The Morgan fingerprint density at radius 1 is 0.929 bits per heavy atom. The van der Waals surface area contributed by atoms with Crippen LogP contribution in [0, 0.1) is 0 Å². The molecule has 0 fully saturated rings. The van der Waals surface area contributed by atoms with Crippen LogP contribution >= 0.6 is 0 Å². The first-order valence-corrected chi connectivity index (χ1v) is 9.22. The molecule has 0 aliphatic rings. The Hall–Kier alpha value is -3.22. The number of amides is 3. The summed E-state index contributed by atoms with van der Waals surface area (Å²) in [6, 6.07) is 12.3. The number of rotatable bonds is 9. The Kier molecular flexibility index (Phi) is 8.14. The molecule has 2 aromatic rings. The van der Waals surface area contributed by atoms with Crippen LogP contribution in [0.4, 0.5) is 10.5 Å². The minimum absolute atomic E-state index is 0.244. The van der Waals surface area contributed by atoms with Crippen LogP contribution in [0.5, 0.6) is 11.5 Å². The molecule has 0 spiro atoms. The molecule has 0 atom stereocenters. The summed E-state index contributed by atoms with van der Waals surface area (Å²) in [6.45, 7) is 3.00. The average Bonchev–Trinajstić information content (AvgIpc) is 2.72. The molecule has 0 unspecified atom stereocenters. The first-order valence-electron chi connectivity index (χ1n) is 9.22. The van der Waals surface area contributed by atoms with Crippen LogP contribution < -0.4 is 25.4 Å². The summed E-state index contributed by atoms with van der Waals surface area (Å²) in [5.74, 6) is 1.07. The van der Waals surface area contributed by atoms with Crippen molar-refractivity contribution in [1.29, 1.82) is 0 Å². The number of carbonyl (C=O) groups excluding carboxylic acids is 2. The second kappa shape index (κ2) is 10.8. The van der Waals surface area contributed by atoms with E-state index < -0.39 is 0 Å². The van der Waals surface area contributed by atoms with Crippen LogP contribution in [-0.4, -0.2) is 39.2 Å². The fourth-order valence-electron chi connectivity index (χ4n) is 2.65. The van der Waals surface area contributed by atoms with Crippen molar-refractivity contribution in [1.82, 2.24) is 10.6 Å². The molecule has 0 aliphatic carbocycles. The van der Waals surface area contributed by atoms with Gasteiger partial charge >= 0.3 is 6.03 Å². The number of hydrogen-bond acceptors (Lipinski definition) is 4. The minimum Gasteiger partial charge on any atom is -0.493 e. The van der Waals surface area contributed by atoms with Crippen LogP contribution in [0.2, 0.25) is 0 Å². The molecule has 3 N–H and O–H groups in total. The molecule has 2 aromatic carbocycles. The number of urea groups is 1. The Balaban J connectivity index is 1.95. The van der Waals surface area contributed by atoms with E-state index in [1.807, 2.05) is 25.1 Å². The van der Waals surface area contributed by atoms with Crippen LogP contribution in [0.1, 0.15) is 29.3 Å². The van der Waals surface area contributed by atoms with Gasteiger partial charge in [0.2, 0.25) is 0 Å². The predicted molar refractivity (Wildman–Crippen MR) is 109 cm³/mol. The van der Waals surface area contributed by atoms with Gasteiger partial charge in [-0.15, -0.1) is 0 Å². The molecule has 0 bridgehead atoms. The van der Waals surface area contributed by atoms with Gasteiger partial charge in [-0.05, 0) is 42.7 Å². The topological polar surface area (TPSA) is 88.7 Å². The van der Waals surface area contributed by atoms with Gasteiger partial charge in [0.1, 0.15) is 0 Å². The van der Waals surface area contributed by atoms with Gasteiger partial charge < -0.3 is 25.4 Å². The molecule has 150 valence electrons. The number of carbonyl (C=O) groups is 2. The molecule has 0 aliphatic heterocycles. The Morgan fingerprint density at radius 2 is 1.68 bits per heavy atom. The van der Waals surface area contributed by atoms with Gasteiger partial charge in [-0.1, -0.05) is 25.1 Å². The molecule has 7 nitrogen and oxygen atoms in total. The minimum atomic E-state index is -0.326. The largest absolute Gasteiger partial charge is 0.493 e. The van der Waals surface area contributed by atoms with E-state index in [-0.39, 0.29) is 11.9 Å². The summed E-state index contributed by atoms with van der Waals surface area (Å²) in [4.78, 5) is 24.4. The summed E-state index contributed by atoms with van der Waals surface area (Å²) in [6.07, 6.45) is 1.48. The lowest BCUT2D eigenvalue weighted by molar-refractivity contribution is 0.0955. The highest BCUT2D eigenvalue weighted by atomic mass is 16.5. The maximum atomic E-state index is 12.5. The van der Waals surface area contributed by atoms with E-state index in [9.17, 15) is 9.59 Å². The molecule has 2 rings (SSSR count). The van der Waals surface area contributed by atoms with E-state index in [0.29, 0.717) is 42.3 Å². The number of anilines is 1. The predicted octanol–water partition coefficient (Wildman–Crippen LogP) is 3.21. The molecule has 0 aromatic heterocycles. The summed E-state index contributed by atoms with van der Waals surface area (Å²) in [5.41, 5.74) is 1.91. The van der Waals surface area contributed by atoms with E-state index in [0.717, 1.165) is 12.0 Å². The third-order valence-electron chi connectivity index (χ3n) is 4.10. The van der Waals surface area contributed by atoms with Gasteiger partial charge in [-0.2, -0.15) is 0 Å². The lowest BCUT2D eigenvalue weighted by Crippen LogP contribution is -2.31. The zero-order valence-corrected chi connectivity index (χ0v) is 16.5. The number of para-hydroxylation sites is 1. The van der Waals surface area contributed by atoms with Crippen molar-refractivity contribution in [3.05, 3.63) is 53.6 Å². The highest BCUT2D eigenvalue weighted by Gasteiger charge is 2.13. The van der Waals surface area contributed by atoms with E-state index in [1.165, 1.54) is 0 Å². The molecule has 3 amide bonds. The van der Waals surface area contributed by atoms with E-state index in [2.05, 4.69) is 16.0 Å². The molecule has 28 heavy (non-hydrogen) atoms. The van der Waals surface area contributed by atoms with Crippen molar-refractivity contribution < 1.29 is 19.1 Å².